The van der Waals surface area contributed by atoms with Gasteiger partial charge in [0.25, 0.3) is 5.22 Å². The highest BCUT2D eigenvalue weighted by Gasteiger charge is 2.30. The van der Waals surface area contributed by atoms with Gasteiger partial charge in [-0.1, -0.05) is 27.7 Å². The molecule has 0 bridgehead atoms. The molecule has 1 heterocycles. The molecule has 1 saturated carbocycles. The predicted molar refractivity (Wildman–Crippen MR) is 84.4 cm³/mol. The van der Waals surface area contributed by atoms with Gasteiger partial charge in [0.1, 0.15) is 0 Å². The van der Waals surface area contributed by atoms with E-state index in [-0.39, 0.29) is 11.2 Å². The molecular formula is C14H14BrN3O2S. The van der Waals surface area contributed by atoms with Crippen LogP contribution in [0.15, 0.2) is 38.4 Å². The summed E-state index contributed by atoms with van der Waals surface area (Å²) in [4.78, 5) is 12.1. The SMILES string of the molecule is C[C@@H](Sc1nnc(C2CC2)o1)C(=O)Nc1ccc(Br)cc1. The Hall–Kier alpha value is -1.34. The number of carbonyl (C=O) groups is 1. The maximum absolute atomic E-state index is 12.1. The van der Waals surface area contributed by atoms with E-state index in [1.54, 1.807) is 0 Å². The molecule has 1 amide bonds. The maximum atomic E-state index is 12.1. The molecule has 1 fully saturated rings. The molecule has 1 aliphatic carbocycles. The first-order valence-electron chi connectivity index (χ1n) is 6.68. The minimum Gasteiger partial charge on any atom is -0.416 e. The van der Waals surface area contributed by atoms with Crippen LogP contribution < -0.4 is 5.32 Å². The average Bonchev–Trinajstić information content (AvgIpc) is 3.22. The summed E-state index contributed by atoms with van der Waals surface area (Å²) in [6.07, 6.45) is 2.23. The van der Waals surface area contributed by atoms with Crippen molar-refractivity contribution in [3.63, 3.8) is 0 Å². The van der Waals surface area contributed by atoms with Gasteiger partial charge in [0.2, 0.25) is 11.8 Å². The summed E-state index contributed by atoms with van der Waals surface area (Å²) in [7, 11) is 0. The number of nitrogens with zero attached hydrogens (tertiary/aromatic N) is 2. The Morgan fingerprint density at radius 3 is 2.76 bits per heavy atom. The van der Waals surface area contributed by atoms with E-state index in [4.69, 9.17) is 4.42 Å². The number of thioether (sulfide) groups is 1. The summed E-state index contributed by atoms with van der Waals surface area (Å²) in [5.74, 6) is 1.03. The third-order valence-electron chi connectivity index (χ3n) is 3.11. The second-order valence-electron chi connectivity index (χ2n) is 4.94. The van der Waals surface area contributed by atoms with Crippen LogP contribution in [0.2, 0.25) is 0 Å². The van der Waals surface area contributed by atoms with Gasteiger partial charge in [-0.3, -0.25) is 4.79 Å². The monoisotopic (exact) mass is 367 g/mol. The molecule has 7 heteroatoms. The Labute approximate surface area is 135 Å². The van der Waals surface area contributed by atoms with Crippen LogP contribution in [0.25, 0.3) is 0 Å². The van der Waals surface area contributed by atoms with E-state index in [0.717, 1.165) is 23.0 Å². The lowest BCUT2D eigenvalue weighted by molar-refractivity contribution is -0.115. The third-order valence-corrected chi connectivity index (χ3v) is 4.57. The summed E-state index contributed by atoms with van der Waals surface area (Å²) < 4.78 is 6.52. The fraction of sp³-hybridized carbons (Fsp3) is 0.357. The van der Waals surface area contributed by atoms with Crippen molar-refractivity contribution < 1.29 is 9.21 Å². The lowest BCUT2D eigenvalue weighted by atomic mass is 10.3. The minimum absolute atomic E-state index is 0.0894. The Morgan fingerprint density at radius 1 is 1.38 bits per heavy atom. The van der Waals surface area contributed by atoms with E-state index in [1.807, 2.05) is 31.2 Å². The fourth-order valence-electron chi connectivity index (χ4n) is 1.75. The first-order valence-corrected chi connectivity index (χ1v) is 8.35. The van der Waals surface area contributed by atoms with Crippen LogP contribution in [0.5, 0.6) is 0 Å². The van der Waals surface area contributed by atoms with Crippen molar-refractivity contribution in [2.24, 2.45) is 0 Å². The second-order valence-corrected chi connectivity index (χ2v) is 7.14. The number of rotatable bonds is 5. The fourth-order valence-corrected chi connectivity index (χ4v) is 2.70. The summed E-state index contributed by atoms with van der Waals surface area (Å²) in [5.41, 5.74) is 0.764. The molecule has 3 rings (SSSR count). The second kappa shape index (κ2) is 6.19. The molecule has 1 N–H and O–H groups in total. The van der Waals surface area contributed by atoms with Crippen LogP contribution in [-0.4, -0.2) is 21.4 Å². The largest absolute Gasteiger partial charge is 0.416 e. The van der Waals surface area contributed by atoms with Crippen molar-refractivity contribution in [1.29, 1.82) is 0 Å². The maximum Gasteiger partial charge on any atom is 0.277 e. The number of nitrogens with one attached hydrogen (secondary N) is 1. The zero-order valence-electron chi connectivity index (χ0n) is 11.4. The Balaban J connectivity index is 1.57. The van der Waals surface area contributed by atoms with E-state index in [2.05, 4.69) is 31.4 Å². The van der Waals surface area contributed by atoms with Gasteiger partial charge in [-0.2, -0.15) is 0 Å². The molecule has 0 saturated heterocycles. The van der Waals surface area contributed by atoms with E-state index >= 15 is 0 Å². The molecule has 1 aromatic carbocycles. The van der Waals surface area contributed by atoms with Gasteiger partial charge in [0, 0.05) is 16.1 Å². The molecule has 21 heavy (non-hydrogen) atoms. The Kier molecular flexibility index (Phi) is 4.30. The predicted octanol–water partition coefficient (Wildman–Crippen LogP) is 3.83. The van der Waals surface area contributed by atoms with Crippen molar-refractivity contribution in [3.05, 3.63) is 34.6 Å². The Morgan fingerprint density at radius 2 is 2.10 bits per heavy atom. The standard InChI is InChI=1S/C14H14BrN3O2S/c1-8(12(19)16-11-6-4-10(15)5-7-11)21-14-18-17-13(20-14)9-2-3-9/h4-9H,2-3H2,1H3,(H,16,19)/t8-/m1/s1. The number of amides is 1. The molecule has 110 valence electrons. The van der Waals surface area contributed by atoms with E-state index < -0.39 is 0 Å². The molecule has 0 aliphatic heterocycles. The topological polar surface area (TPSA) is 68.0 Å². The lowest BCUT2D eigenvalue weighted by Gasteiger charge is -2.09. The summed E-state index contributed by atoms with van der Waals surface area (Å²) >= 11 is 4.64. The van der Waals surface area contributed by atoms with Crippen LogP contribution >= 0.6 is 27.7 Å². The van der Waals surface area contributed by atoms with Crippen molar-refractivity contribution in [3.8, 4) is 0 Å². The molecule has 1 aromatic heterocycles. The van der Waals surface area contributed by atoms with Gasteiger partial charge in [0.15, 0.2) is 0 Å². The zero-order chi connectivity index (χ0) is 14.8. The number of hydrogen-bond donors (Lipinski definition) is 1. The summed E-state index contributed by atoms with van der Waals surface area (Å²) in [5, 5.41) is 11.0. The molecule has 0 radical (unpaired) electrons. The number of halogens is 1. The third kappa shape index (κ3) is 3.85. The molecule has 5 nitrogen and oxygen atoms in total. The summed E-state index contributed by atoms with van der Waals surface area (Å²) in [6.45, 7) is 1.82. The highest BCUT2D eigenvalue weighted by Crippen LogP contribution is 2.40. The number of benzene rings is 1. The molecule has 2 aromatic rings. The van der Waals surface area contributed by atoms with Crippen molar-refractivity contribution >= 4 is 39.3 Å². The molecule has 1 atom stereocenters. The quantitative estimate of drug-likeness (QED) is 0.813. The van der Waals surface area contributed by atoms with Crippen molar-refractivity contribution in [1.82, 2.24) is 10.2 Å². The Bertz CT molecular complexity index is 640. The van der Waals surface area contributed by atoms with Gasteiger partial charge in [0.05, 0.1) is 5.25 Å². The van der Waals surface area contributed by atoms with Crippen LogP contribution in [-0.2, 0) is 4.79 Å². The van der Waals surface area contributed by atoms with Crippen LogP contribution in [0.3, 0.4) is 0 Å². The molecule has 0 unspecified atom stereocenters. The number of aromatic nitrogens is 2. The van der Waals surface area contributed by atoms with Crippen LogP contribution in [0.1, 0.15) is 31.6 Å². The van der Waals surface area contributed by atoms with Crippen molar-refractivity contribution in [2.75, 3.05) is 5.32 Å². The number of carbonyl (C=O) groups excluding carboxylic acids is 1. The van der Waals surface area contributed by atoms with E-state index in [1.165, 1.54) is 11.8 Å². The number of hydrogen-bond acceptors (Lipinski definition) is 5. The lowest BCUT2D eigenvalue weighted by Crippen LogP contribution is -2.22. The van der Waals surface area contributed by atoms with Gasteiger partial charge < -0.3 is 9.73 Å². The van der Waals surface area contributed by atoms with E-state index in [9.17, 15) is 4.79 Å². The van der Waals surface area contributed by atoms with Gasteiger partial charge in [-0.25, -0.2) is 0 Å². The molecule has 1 aliphatic rings. The van der Waals surface area contributed by atoms with Gasteiger partial charge >= 0.3 is 0 Å². The van der Waals surface area contributed by atoms with Crippen LogP contribution in [0.4, 0.5) is 5.69 Å². The first-order chi connectivity index (χ1) is 10.1. The first kappa shape index (κ1) is 14.6. The molecule has 0 spiro atoms. The van der Waals surface area contributed by atoms with E-state index in [0.29, 0.717) is 17.0 Å². The van der Waals surface area contributed by atoms with Crippen molar-refractivity contribution in [2.45, 2.75) is 36.2 Å². The van der Waals surface area contributed by atoms with Gasteiger partial charge in [-0.15, -0.1) is 10.2 Å². The highest BCUT2D eigenvalue weighted by molar-refractivity contribution is 9.10. The smallest absolute Gasteiger partial charge is 0.277 e. The zero-order valence-corrected chi connectivity index (χ0v) is 13.8. The summed E-state index contributed by atoms with van der Waals surface area (Å²) in [6, 6.07) is 7.45. The minimum atomic E-state index is -0.304. The average molecular weight is 368 g/mol. The number of anilines is 1. The van der Waals surface area contributed by atoms with Gasteiger partial charge in [-0.05, 0) is 44.0 Å². The molecular weight excluding hydrogens is 354 g/mol. The normalized spacial score (nSPS) is 15.7. The highest BCUT2D eigenvalue weighted by atomic mass is 79.9. The van der Waals surface area contributed by atoms with Crippen LogP contribution in [0, 0.1) is 0 Å².